The van der Waals surface area contributed by atoms with Gasteiger partial charge in [-0.1, -0.05) is 23.9 Å². The first-order valence-corrected chi connectivity index (χ1v) is 10.3. The van der Waals surface area contributed by atoms with Gasteiger partial charge in [-0.2, -0.15) is 0 Å². The van der Waals surface area contributed by atoms with Crippen molar-refractivity contribution in [1.82, 2.24) is 4.98 Å². The molecular weight excluding hydrogens is 402 g/mol. The molecule has 0 unspecified atom stereocenters. The van der Waals surface area contributed by atoms with Crippen LogP contribution in [0.3, 0.4) is 0 Å². The van der Waals surface area contributed by atoms with Crippen molar-refractivity contribution >= 4 is 35.0 Å². The predicted molar refractivity (Wildman–Crippen MR) is 113 cm³/mol. The third-order valence-electron chi connectivity index (χ3n) is 4.86. The van der Waals surface area contributed by atoms with Gasteiger partial charge in [0.1, 0.15) is 5.03 Å². The second-order valence-corrected chi connectivity index (χ2v) is 7.78. The number of carbonyl (C=O) groups is 2. The number of ether oxygens (including phenoxy) is 2. The Morgan fingerprint density at radius 3 is 2.80 bits per heavy atom. The monoisotopic (exact) mass is 419 g/mol. The van der Waals surface area contributed by atoms with Crippen LogP contribution in [0.2, 0.25) is 0 Å². The number of thioether (sulfide) groups is 1. The summed E-state index contributed by atoms with van der Waals surface area (Å²) in [5, 5.41) is 3.72. The van der Waals surface area contributed by atoms with Gasteiger partial charge in [0, 0.05) is 23.5 Å². The van der Waals surface area contributed by atoms with Gasteiger partial charge in [-0.3, -0.25) is 9.59 Å². The number of pyridine rings is 1. The van der Waals surface area contributed by atoms with Crippen LogP contribution in [0.25, 0.3) is 0 Å². The molecule has 0 atom stereocenters. The number of aromatic nitrogens is 1. The number of amides is 2. The molecule has 30 heavy (non-hydrogen) atoms. The van der Waals surface area contributed by atoms with Crippen molar-refractivity contribution < 1.29 is 19.1 Å². The predicted octanol–water partition coefficient (Wildman–Crippen LogP) is 3.70. The van der Waals surface area contributed by atoms with Crippen molar-refractivity contribution in [3.05, 3.63) is 71.9 Å². The van der Waals surface area contributed by atoms with E-state index < -0.39 is 0 Å². The molecule has 1 N–H and O–H groups in total. The Balaban J connectivity index is 1.29. The number of hydrogen-bond donors (Lipinski definition) is 1. The molecule has 1 aromatic heterocycles. The fourth-order valence-electron chi connectivity index (χ4n) is 3.34. The van der Waals surface area contributed by atoms with Crippen molar-refractivity contribution in [3.8, 4) is 11.5 Å². The molecule has 0 saturated carbocycles. The highest BCUT2D eigenvalue weighted by Gasteiger charge is 2.25. The first kappa shape index (κ1) is 18.5. The lowest BCUT2D eigenvalue weighted by molar-refractivity contribution is -0.116. The zero-order chi connectivity index (χ0) is 20.5. The zero-order valence-corrected chi connectivity index (χ0v) is 16.6. The van der Waals surface area contributed by atoms with Crippen LogP contribution in [0.1, 0.15) is 15.9 Å². The van der Waals surface area contributed by atoms with Gasteiger partial charge in [-0.05, 0) is 42.0 Å². The van der Waals surface area contributed by atoms with Crippen molar-refractivity contribution in [3.63, 3.8) is 0 Å². The Labute approximate surface area is 177 Å². The maximum atomic E-state index is 12.6. The third-order valence-corrected chi connectivity index (χ3v) is 5.84. The first-order chi connectivity index (χ1) is 14.7. The van der Waals surface area contributed by atoms with E-state index in [1.165, 1.54) is 11.8 Å². The number of rotatable bonds is 4. The second kappa shape index (κ2) is 7.72. The molecule has 3 heterocycles. The highest BCUT2D eigenvalue weighted by atomic mass is 32.2. The van der Waals surface area contributed by atoms with E-state index in [4.69, 9.17) is 9.47 Å². The molecule has 2 aliphatic rings. The van der Waals surface area contributed by atoms with Gasteiger partial charge >= 0.3 is 0 Å². The molecule has 3 aromatic rings. The van der Waals surface area contributed by atoms with Crippen LogP contribution < -0.4 is 19.7 Å². The van der Waals surface area contributed by atoms with Crippen LogP contribution >= 0.6 is 11.8 Å². The number of hydrogen-bond acceptors (Lipinski definition) is 6. The number of benzene rings is 2. The smallest absolute Gasteiger partial charge is 0.255 e. The number of nitrogens with one attached hydrogen (secondary N) is 1. The normalized spacial score (nSPS) is 14.4. The van der Waals surface area contributed by atoms with E-state index in [2.05, 4.69) is 10.3 Å². The minimum atomic E-state index is -0.222. The van der Waals surface area contributed by atoms with E-state index in [1.807, 2.05) is 24.3 Å². The second-order valence-electron chi connectivity index (χ2n) is 6.82. The maximum Gasteiger partial charge on any atom is 0.255 e. The molecule has 0 fully saturated rings. The van der Waals surface area contributed by atoms with Gasteiger partial charge in [0.2, 0.25) is 12.7 Å². The third kappa shape index (κ3) is 3.57. The topological polar surface area (TPSA) is 80.8 Å². The molecule has 2 amide bonds. The van der Waals surface area contributed by atoms with Gasteiger partial charge in [0.25, 0.3) is 5.91 Å². The Bertz CT molecular complexity index is 1130. The lowest BCUT2D eigenvalue weighted by atomic mass is 10.1. The molecule has 2 aromatic carbocycles. The molecule has 0 saturated heterocycles. The standard InChI is InChI=1S/C22H17N3O4S/c26-20-12-30-22-17(2-1-9-23-22)25(20)11-14-3-5-15(6-4-14)21(27)24-16-7-8-18-19(10-16)29-13-28-18/h1-10H,11-13H2,(H,24,27). The van der Waals surface area contributed by atoms with E-state index in [1.54, 1.807) is 41.4 Å². The van der Waals surface area contributed by atoms with Gasteiger partial charge in [0.15, 0.2) is 11.5 Å². The van der Waals surface area contributed by atoms with Crippen molar-refractivity contribution in [2.45, 2.75) is 11.6 Å². The van der Waals surface area contributed by atoms with Gasteiger partial charge in [-0.15, -0.1) is 0 Å². The zero-order valence-electron chi connectivity index (χ0n) is 15.8. The van der Waals surface area contributed by atoms with E-state index in [0.717, 1.165) is 16.3 Å². The Kier molecular flexibility index (Phi) is 4.76. The summed E-state index contributed by atoms with van der Waals surface area (Å²) in [5.74, 6) is 1.48. The van der Waals surface area contributed by atoms with Crippen LogP contribution in [0.5, 0.6) is 11.5 Å². The average Bonchev–Trinajstić information content (AvgIpc) is 3.24. The molecule has 0 aliphatic carbocycles. The summed E-state index contributed by atoms with van der Waals surface area (Å²) in [6, 6.07) is 16.2. The van der Waals surface area contributed by atoms with E-state index >= 15 is 0 Å². The molecule has 5 rings (SSSR count). The molecule has 150 valence electrons. The molecule has 2 aliphatic heterocycles. The van der Waals surface area contributed by atoms with Crippen LogP contribution in [0.4, 0.5) is 11.4 Å². The largest absolute Gasteiger partial charge is 0.454 e. The van der Waals surface area contributed by atoms with E-state index in [-0.39, 0.29) is 18.6 Å². The summed E-state index contributed by atoms with van der Waals surface area (Å²) in [4.78, 5) is 31.1. The summed E-state index contributed by atoms with van der Waals surface area (Å²) in [6.45, 7) is 0.620. The van der Waals surface area contributed by atoms with Gasteiger partial charge in [-0.25, -0.2) is 4.98 Å². The van der Waals surface area contributed by atoms with Crippen molar-refractivity contribution in [2.24, 2.45) is 0 Å². The lowest BCUT2D eigenvalue weighted by Gasteiger charge is -2.28. The Hall–Kier alpha value is -3.52. The average molecular weight is 419 g/mol. The van der Waals surface area contributed by atoms with Crippen molar-refractivity contribution in [2.75, 3.05) is 22.8 Å². The number of carbonyl (C=O) groups excluding carboxylic acids is 2. The molecule has 7 nitrogen and oxygen atoms in total. The minimum Gasteiger partial charge on any atom is -0.454 e. The fourth-order valence-corrected chi connectivity index (χ4v) is 4.21. The number of fused-ring (bicyclic) bond motifs is 2. The fraction of sp³-hybridized carbons (Fsp3) is 0.136. The molecular formula is C22H17N3O4S. The first-order valence-electron chi connectivity index (χ1n) is 9.35. The number of anilines is 2. The van der Waals surface area contributed by atoms with Crippen LogP contribution in [-0.4, -0.2) is 29.3 Å². The van der Waals surface area contributed by atoms with Crippen LogP contribution in [0, 0.1) is 0 Å². The summed E-state index contributed by atoms with van der Waals surface area (Å²) < 4.78 is 10.6. The van der Waals surface area contributed by atoms with Crippen molar-refractivity contribution in [1.29, 1.82) is 0 Å². The minimum absolute atomic E-state index is 0.0464. The Morgan fingerprint density at radius 2 is 1.93 bits per heavy atom. The van der Waals surface area contributed by atoms with Crippen LogP contribution in [-0.2, 0) is 11.3 Å². The van der Waals surface area contributed by atoms with Crippen LogP contribution in [0.15, 0.2) is 65.8 Å². The lowest BCUT2D eigenvalue weighted by Crippen LogP contribution is -2.35. The summed E-state index contributed by atoms with van der Waals surface area (Å²) >= 11 is 1.45. The summed E-state index contributed by atoms with van der Waals surface area (Å²) in [7, 11) is 0. The van der Waals surface area contributed by atoms with Gasteiger partial charge < -0.3 is 19.7 Å². The molecule has 0 radical (unpaired) electrons. The van der Waals surface area contributed by atoms with Gasteiger partial charge in [0.05, 0.1) is 18.0 Å². The molecule has 0 bridgehead atoms. The highest BCUT2D eigenvalue weighted by Crippen LogP contribution is 2.35. The number of nitrogens with zero attached hydrogens (tertiary/aromatic N) is 2. The molecule has 8 heteroatoms. The highest BCUT2D eigenvalue weighted by molar-refractivity contribution is 8.00. The van der Waals surface area contributed by atoms with E-state index in [0.29, 0.717) is 35.0 Å². The summed E-state index contributed by atoms with van der Waals surface area (Å²) in [6.07, 6.45) is 1.73. The maximum absolute atomic E-state index is 12.6. The quantitative estimate of drug-likeness (QED) is 0.695. The molecule has 0 spiro atoms. The Morgan fingerprint density at radius 1 is 1.10 bits per heavy atom. The SMILES string of the molecule is O=C(Nc1ccc2c(c1)OCO2)c1ccc(CN2C(=O)CSc3ncccc32)cc1. The summed E-state index contributed by atoms with van der Waals surface area (Å²) in [5.41, 5.74) is 2.92. The van der Waals surface area contributed by atoms with E-state index in [9.17, 15) is 9.59 Å².